The number of anilines is 1. The molecule has 1 saturated heterocycles. The Kier molecular flexibility index (Phi) is 4.40. The number of benzene rings is 1. The Balaban J connectivity index is 2.19. The van der Waals surface area contributed by atoms with Crippen LogP contribution >= 0.6 is 15.9 Å². The maximum Gasteiger partial charge on any atom is 0.151 e. The molecule has 0 aliphatic carbocycles. The lowest BCUT2D eigenvalue weighted by Crippen LogP contribution is -2.37. The Morgan fingerprint density at radius 1 is 1.50 bits per heavy atom. The lowest BCUT2D eigenvalue weighted by molar-refractivity contribution is 0.112. The van der Waals surface area contributed by atoms with E-state index in [0.717, 1.165) is 23.8 Å². The number of hydrogen-bond donors (Lipinski definition) is 0. The summed E-state index contributed by atoms with van der Waals surface area (Å²) in [4.78, 5) is 15.5. The monoisotopic (exact) mass is 310 g/mol. The van der Waals surface area contributed by atoms with Crippen LogP contribution in [-0.4, -0.2) is 44.4 Å². The normalized spacial score (nSPS) is 19.6. The summed E-state index contributed by atoms with van der Waals surface area (Å²) in [6.07, 6.45) is 3.37. The third-order valence-corrected chi connectivity index (χ3v) is 4.08. The molecule has 0 N–H and O–H groups in total. The van der Waals surface area contributed by atoms with Crippen LogP contribution in [0.3, 0.4) is 0 Å². The highest BCUT2D eigenvalue weighted by molar-refractivity contribution is 9.10. The van der Waals surface area contributed by atoms with Crippen molar-refractivity contribution in [1.82, 2.24) is 4.90 Å². The van der Waals surface area contributed by atoms with Gasteiger partial charge in [0.2, 0.25) is 0 Å². The zero-order valence-corrected chi connectivity index (χ0v) is 12.5. The molecular weight excluding hydrogens is 292 g/mol. The van der Waals surface area contributed by atoms with E-state index in [1.807, 2.05) is 12.1 Å². The van der Waals surface area contributed by atoms with Crippen LogP contribution in [0.5, 0.6) is 0 Å². The predicted molar refractivity (Wildman–Crippen MR) is 78.5 cm³/mol. The zero-order chi connectivity index (χ0) is 13.1. The van der Waals surface area contributed by atoms with E-state index in [4.69, 9.17) is 0 Å². The second kappa shape index (κ2) is 5.85. The van der Waals surface area contributed by atoms with Crippen molar-refractivity contribution in [3.63, 3.8) is 0 Å². The Bertz CT molecular complexity index is 434. The van der Waals surface area contributed by atoms with E-state index in [2.05, 4.69) is 45.9 Å². The van der Waals surface area contributed by atoms with Gasteiger partial charge in [-0.2, -0.15) is 0 Å². The van der Waals surface area contributed by atoms with Crippen LogP contribution in [0.4, 0.5) is 5.69 Å². The van der Waals surface area contributed by atoms with Crippen molar-refractivity contribution in [2.24, 2.45) is 0 Å². The van der Waals surface area contributed by atoms with Crippen molar-refractivity contribution in [3.05, 3.63) is 28.2 Å². The second-order valence-corrected chi connectivity index (χ2v) is 5.93. The summed E-state index contributed by atoms with van der Waals surface area (Å²) in [5.41, 5.74) is 1.92. The molecule has 98 valence electrons. The predicted octanol–water partition coefficient (Wildman–Crippen LogP) is 2.79. The molecule has 1 unspecified atom stereocenters. The molecule has 1 aliphatic rings. The van der Waals surface area contributed by atoms with Gasteiger partial charge in [-0.3, -0.25) is 4.79 Å². The minimum atomic E-state index is 0.578. The molecule has 0 spiro atoms. The molecular formula is C14H19BrN2O. The average molecular weight is 311 g/mol. The van der Waals surface area contributed by atoms with Crippen molar-refractivity contribution < 1.29 is 4.79 Å². The first-order chi connectivity index (χ1) is 8.61. The fourth-order valence-corrected chi connectivity index (χ4v) is 3.04. The number of hydrogen-bond acceptors (Lipinski definition) is 3. The largest absolute Gasteiger partial charge is 0.367 e. The molecule has 1 aromatic carbocycles. The summed E-state index contributed by atoms with van der Waals surface area (Å²) in [6, 6.07) is 6.56. The maximum absolute atomic E-state index is 10.8. The Morgan fingerprint density at radius 3 is 2.89 bits per heavy atom. The van der Waals surface area contributed by atoms with Gasteiger partial charge in [0.15, 0.2) is 6.29 Å². The van der Waals surface area contributed by atoms with Crippen molar-refractivity contribution in [2.75, 3.05) is 32.1 Å². The molecule has 1 aromatic rings. The number of rotatable bonds is 4. The van der Waals surface area contributed by atoms with Crippen LogP contribution in [0.25, 0.3) is 0 Å². The topological polar surface area (TPSA) is 23.6 Å². The van der Waals surface area contributed by atoms with E-state index in [-0.39, 0.29) is 0 Å². The SMILES string of the molecule is CN(C)CC1CCCN1c1ccc(C=O)c(Br)c1. The summed E-state index contributed by atoms with van der Waals surface area (Å²) in [5.74, 6) is 0. The van der Waals surface area contributed by atoms with Crippen molar-refractivity contribution in [1.29, 1.82) is 0 Å². The van der Waals surface area contributed by atoms with Gasteiger partial charge >= 0.3 is 0 Å². The fourth-order valence-electron chi connectivity index (χ4n) is 2.58. The summed E-state index contributed by atoms with van der Waals surface area (Å²) < 4.78 is 0.880. The van der Waals surface area contributed by atoms with Crippen molar-refractivity contribution in [3.8, 4) is 0 Å². The van der Waals surface area contributed by atoms with Gasteiger partial charge in [-0.25, -0.2) is 0 Å². The molecule has 0 bridgehead atoms. The summed E-state index contributed by atoms with van der Waals surface area (Å²) in [7, 11) is 4.23. The van der Waals surface area contributed by atoms with Crippen LogP contribution < -0.4 is 4.90 Å². The van der Waals surface area contributed by atoms with Gasteiger partial charge in [0, 0.05) is 34.9 Å². The third-order valence-electron chi connectivity index (χ3n) is 3.40. The van der Waals surface area contributed by atoms with E-state index in [9.17, 15) is 4.79 Å². The van der Waals surface area contributed by atoms with E-state index >= 15 is 0 Å². The maximum atomic E-state index is 10.8. The number of carbonyl (C=O) groups is 1. The van der Waals surface area contributed by atoms with E-state index in [0.29, 0.717) is 11.6 Å². The smallest absolute Gasteiger partial charge is 0.151 e. The molecule has 18 heavy (non-hydrogen) atoms. The lowest BCUT2D eigenvalue weighted by atomic mass is 10.1. The molecule has 2 rings (SSSR count). The molecule has 3 nitrogen and oxygen atoms in total. The van der Waals surface area contributed by atoms with Gasteiger partial charge in [0.1, 0.15) is 0 Å². The minimum Gasteiger partial charge on any atom is -0.367 e. The summed E-state index contributed by atoms with van der Waals surface area (Å²) >= 11 is 3.46. The van der Waals surface area contributed by atoms with Gasteiger partial charge in [0.25, 0.3) is 0 Å². The van der Waals surface area contributed by atoms with Crippen LogP contribution in [0.15, 0.2) is 22.7 Å². The molecule has 0 aromatic heterocycles. The number of aldehydes is 1. The standard InChI is InChI=1S/C14H19BrN2O/c1-16(2)9-13-4-3-7-17(13)12-6-5-11(10-18)14(15)8-12/h5-6,8,10,13H,3-4,7,9H2,1-2H3. The van der Waals surface area contributed by atoms with Gasteiger partial charge in [0.05, 0.1) is 0 Å². The first-order valence-corrected chi connectivity index (χ1v) is 7.07. The molecule has 0 saturated carbocycles. The molecule has 1 aliphatic heterocycles. The Labute approximate surface area is 117 Å². The average Bonchev–Trinajstić information content (AvgIpc) is 2.76. The first kappa shape index (κ1) is 13.6. The molecule has 0 radical (unpaired) electrons. The highest BCUT2D eigenvalue weighted by Gasteiger charge is 2.25. The van der Waals surface area contributed by atoms with E-state index in [1.54, 1.807) is 0 Å². The van der Waals surface area contributed by atoms with Crippen molar-refractivity contribution >= 4 is 27.9 Å². The molecule has 0 amide bonds. The molecule has 1 fully saturated rings. The Hall–Kier alpha value is -0.870. The van der Waals surface area contributed by atoms with Gasteiger partial charge in [-0.15, -0.1) is 0 Å². The van der Waals surface area contributed by atoms with Crippen LogP contribution in [-0.2, 0) is 0 Å². The van der Waals surface area contributed by atoms with Gasteiger partial charge in [-0.1, -0.05) is 0 Å². The van der Waals surface area contributed by atoms with Gasteiger partial charge in [-0.05, 0) is 61.1 Å². The number of carbonyl (C=O) groups excluding carboxylic acids is 1. The van der Waals surface area contributed by atoms with Crippen molar-refractivity contribution in [2.45, 2.75) is 18.9 Å². The van der Waals surface area contributed by atoms with E-state index < -0.39 is 0 Å². The molecule has 4 heteroatoms. The van der Waals surface area contributed by atoms with Crippen LogP contribution in [0.2, 0.25) is 0 Å². The summed E-state index contributed by atoms with van der Waals surface area (Å²) in [5, 5.41) is 0. The lowest BCUT2D eigenvalue weighted by Gasteiger charge is -2.29. The number of halogens is 1. The first-order valence-electron chi connectivity index (χ1n) is 6.28. The summed E-state index contributed by atoms with van der Waals surface area (Å²) in [6.45, 7) is 2.18. The number of likely N-dealkylation sites (N-methyl/N-ethyl adjacent to an activating group) is 1. The highest BCUT2D eigenvalue weighted by Crippen LogP contribution is 2.29. The van der Waals surface area contributed by atoms with Crippen LogP contribution in [0, 0.1) is 0 Å². The highest BCUT2D eigenvalue weighted by atomic mass is 79.9. The Morgan fingerprint density at radius 2 is 2.28 bits per heavy atom. The fraction of sp³-hybridized carbons (Fsp3) is 0.500. The molecule has 1 atom stereocenters. The van der Waals surface area contributed by atoms with Gasteiger partial charge < -0.3 is 9.80 Å². The quantitative estimate of drug-likeness (QED) is 0.799. The second-order valence-electron chi connectivity index (χ2n) is 5.08. The van der Waals surface area contributed by atoms with Crippen LogP contribution in [0.1, 0.15) is 23.2 Å². The molecule has 1 heterocycles. The van der Waals surface area contributed by atoms with E-state index in [1.165, 1.54) is 18.5 Å². The minimum absolute atomic E-state index is 0.578. The number of nitrogens with zero attached hydrogens (tertiary/aromatic N) is 2. The third kappa shape index (κ3) is 2.93. The zero-order valence-electron chi connectivity index (χ0n) is 10.9.